The molecule has 0 radical (unpaired) electrons. The number of nitrogens with one attached hydrogen (secondary N) is 1. The van der Waals surface area contributed by atoms with Gasteiger partial charge in [-0.1, -0.05) is 32.9 Å². The van der Waals surface area contributed by atoms with E-state index < -0.39 is 32.0 Å². The molecule has 0 unspecified atom stereocenters. The fraction of sp³-hybridized carbons (Fsp3) is 0.217. The number of benzene rings is 2. The third-order valence-electron chi connectivity index (χ3n) is 5.03. The van der Waals surface area contributed by atoms with Gasteiger partial charge in [0.2, 0.25) is 0 Å². The van der Waals surface area contributed by atoms with Crippen LogP contribution in [0, 0.1) is 18.6 Å². The third kappa shape index (κ3) is 3.95. The minimum Gasteiger partial charge on any atom is -0.264 e. The molecule has 2 heterocycles. The van der Waals surface area contributed by atoms with Crippen LogP contribution in [0.2, 0.25) is 0 Å². The lowest BCUT2D eigenvalue weighted by Gasteiger charge is -2.21. The Morgan fingerprint density at radius 2 is 1.72 bits per heavy atom. The van der Waals surface area contributed by atoms with Crippen molar-refractivity contribution in [1.29, 1.82) is 0 Å². The molecule has 0 spiro atoms. The lowest BCUT2D eigenvalue weighted by molar-refractivity contribution is 0.471. The maximum atomic E-state index is 14.6. The Kier molecular flexibility index (Phi) is 5.24. The molecule has 1 N–H and O–H groups in total. The molecular formula is C23H22F2N4O2S. The van der Waals surface area contributed by atoms with Crippen LogP contribution in [0.1, 0.15) is 32.0 Å². The van der Waals surface area contributed by atoms with Crippen LogP contribution in [-0.2, 0) is 15.4 Å². The van der Waals surface area contributed by atoms with Gasteiger partial charge < -0.3 is 0 Å². The number of sulfonamides is 1. The Morgan fingerprint density at radius 3 is 2.38 bits per heavy atom. The van der Waals surface area contributed by atoms with Gasteiger partial charge in [-0.05, 0) is 36.6 Å². The highest BCUT2D eigenvalue weighted by Crippen LogP contribution is 2.31. The topological polar surface area (TPSA) is 76.9 Å². The zero-order chi connectivity index (χ0) is 23.3. The maximum absolute atomic E-state index is 14.6. The summed E-state index contributed by atoms with van der Waals surface area (Å²) in [6, 6.07) is 10.5. The summed E-state index contributed by atoms with van der Waals surface area (Å²) in [4.78, 5) is 3.60. The number of hydrogen-bond acceptors (Lipinski definition) is 4. The van der Waals surface area contributed by atoms with Gasteiger partial charge in [0.25, 0.3) is 10.0 Å². The molecule has 0 saturated heterocycles. The molecular weight excluding hydrogens is 434 g/mol. The molecule has 166 valence electrons. The monoisotopic (exact) mass is 456 g/mol. The van der Waals surface area contributed by atoms with Crippen molar-refractivity contribution >= 4 is 26.6 Å². The summed E-state index contributed by atoms with van der Waals surface area (Å²) < 4.78 is 59.2. The molecule has 0 aliphatic rings. The molecule has 4 rings (SSSR count). The van der Waals surface area contributed by atoms with Crippen molar-refractivity contribution in [1.82, 2.24) is 14.8 Å². The molecule has 0 bridgehead atoms. The van der Waals surface area contributed by atoms with E-state index in [2.05, 4.69) is 14.8 Å². The maximum Gasteiger partial charge on any atom is 0.263 e. The quantitative estimate of drug-likeness (QED) is 0.463. The molecule has 0 saturated carbocycles. The first-order chi connectivity index (χ1) is 15.0. The van der Waals surface area contributed by atoms with Gasteiger partial charge in [0.05, 0.1) is 16.3 Å². The minimum atomic E-state index is -4.29. The molecule has 0 amide bonds. The van der Waals surface area contributed by atoms with Crippen LogP contribution in [0.3, 0.4) is 0 Å². The fourth-order valence-electron chi connectivity index (χ4n) is 3.66. The predicted molar refractivity (Wildman–Crippen MR) is 119 cm³/mol. The lowest BCUT2D eigenvalue weighted by atomic mass is 9.86. The molecule has 2 aromatic carbocycles. The second-order valence-corrected chi connectivity index (χ2v) is 10.3. The van der Waals surface area contributed by atoms with Crippen LogP contribution < -0.4 is 4.72 Å². The molecule has 0 fully saturated rings. The Hall–Kier alpha value is -3.33. The fourth-order valence-corrected chi connectivity index (χ4v) is 4.72. The zero-order valence-electron chi connectivity index (χ0n) is 18.0. The number of halogens is 2. The van der Waals surface area contributed by atoms with Crippen molar-refractivity contribution in [2.24, 2.45) is 0 Å². The lowest BCUT2D eigenvalue weighted by Crippen LogP contribution is -2.20. The Bertz CT molecular complexity index is 1410. The Balaban J connectivity index is 1.79. The van der Waals surface area contributed by atoms with Crippen molar-refractivity contribution in [2.75, 3.05) is 4.72 Å². The van der Waals surface area contributed by atoms with Crippen molar-refractivity contribution in [3.8, 4) is 5.69 Å². The first-order valence-electron chi connectivity index (χ1n) is 9.89. The van der Waals surface area contributed by atoms with E-state index >= 15 is 0 Å². The number of rotatable bonds is 4. The molecule has 9 heteroatoms. The van der Waals surface area contributed by atoms with E-state index in [1.807, 2.05) is 12.1 Å². The second kappa shape index (κ2) is 7.67. The summed E-state index contributed by atoms with van der Waals surface area (Å²) in [5.74, 6) is -1.68. The highest BCUT2D eigenvalue weighted by molar-refractivity contribution is 7.92. The summed E-state index contributed by atoms with van der Waals surface area (Å²) >= 11 is 0. The number of pyridine rings is 1. The summed E-state index contributed by atoms with van der Waals surface area (Å²) in [6.07, 6.45) is 3.33. The van der Waals surface area contributed by atoms with Gasteiger partial charge in [0.1, 0.15) is 17.5 Å². The average molecular weight is 457 g/mol. The van der Waals surface area contributed by atoms with Crippen molar-refractivity contribution in [3.63, 3.8) is 0 Å². The molecule has 0 aliphatic heterocycles. The van der Waals surface area contributed by atoms with Crippen LogP contribution in [0.25, 0.3) is 16.5 Å². The largest absolute Gasteiger partial charge is 0.264 e. The standard InChI is InChI=1S/C23H22F2N4O2S/c1-14-10-21(29(27-14)20-7-5-6-15-13-26-9-8-17(15)20)28-32(30,31)16-11-18(24)22(19(25)12-16)23(2,3)4/h5-13,28H,1-4H3. The van der Waals surface area contributed by atoms with Gasteiger partial charge in [-0.3, -0.25) is 9.71 Å². The van der Waals surface area contributed by atoms with Gasteiger partial charge in [-0.25, -0.2) is 21.9 Å². The molecule has 0 atom stereocenters. The summed E-state index contributed by atoms with van der Waals surface area (Å²) in [7, 11) is -4.29. The van der Waals surface area contributed by atoms with Crippen LogP contribution in [0.4, 0.5) is 14.6 Å². The normalized spacial score (nSPS) is 12.3. The van der Waals surface area contributed by atoms with Crippen molar-refractivity contribution in [3.05, 3.63) is 77.8 Å². The highest BCUT2D eigenvalue weighted by atomic mass is 32.2. The van der Waals surface area contributed by atoms with E-state index in [-0.39, 0.29) is 11.4 Å². The number of aryl methyl sites for hydroxylation is 1. The average Bonchev–Trinajstić information content (AvgIpc) is 3.05. The van der Waals surface area contributed by atoms with Crippen LogP contribution in [0.5, 0.6) is 0 Å². The molecule has 0 aliphatic carbocycles. The number of hydrogen-bond donors (Lipinski definition) is 1. The summed E-state index contributed by atoms with van der Waals surface area (Å²) in [6.45, 7) is 6.68. The number of aromatic nitrogens is 3. The van der Waals surface area contributed by atoms with E-state index in [1.165, 1.54) is 4.68 Å². The SMILES string of the molecule is Cc1cc(NS(=O)(=O)c2cc(F)c(C(C)(C)C)c(F)c2)n(-c2cccc3cnccc23)n1. The van der Waals surface area contributed by atoms with Gasteiger partial charge in [0, 0.05) is 34.8 Å². The van der Waals surface area contributed by atoms with Gasteiger partial charge in [-0.2, -0.15) is 5.10 Å². The summed E-state index contributed by atoms with van der Waals surface area (Å²) in [5, 5.41) is 6.08. The van der Waals surface area contributed by atoms with E-state index in [4.69, 9.17) is 0 Å². The number of fused-ring (bicyclic) bond motifs is 1. The smallest absolute Gasteiger partial charge is 0.263 e. The first-order valence-corrected chi connectivity index (χ1v) is 11.4. The molecule has 32 heavy (non-hydrogen) atoms. The van der Waals surface area contributed by atoms with Crippen LogP contribution in [0.15, 0.2) is 59.8 Å². The van der Waals surface area contributed by atoms with E-state index in [9.17, 15) is 17.2 Å². The first kappa shape index (κ1) is 21.9. The summed E-state index contributed by atoms with van der Waals surface area (Å²) in [5.41, 5.74) is 0.218. The molecule has 4 aromatic rings. The Morgan fingerprint density at radius 1 is 1.03 bits per heavy atom. The highest BCUT2D eigenvalue weighted by Gasteiger charge is 2.27. The zero-order valence-corrected chi connectivity index (χ0v) is 18.8. The van der Waals surface area contributed by atoms with Crippen molar-refractivity contribution < 1.29 is 17.2 Å². The van der Waals surface area contributed by atoms with Gasteiger partial charge in [-0.15, -0.1) is 0 Å². The van der Waals surface area contributed by atoms with E-state index in [1.54, 1.807) is 58.3 Å². The predicted octanol–water partition coefficient (Wildman–Crippen LogP) is 5.11. The van der Waals surface area contributed by atoms with Crippen LogP contribution >= 0.6 is 0 Å². The van der Waals surface area contributed by atoms with Crippen LogP contribution in [-0.4, -0.2) is 23.2 Å². The second-order valence-electron chi connectivity index (χ2n) is 8.57. The van der Waals surface area contributed by atoms with E-state index in [0.717, 1.165) is 22.9 Å². The number of nitrogens with zero attached hydrogens (tertiary/aromatic N) is 3. The van der Waals surface area contributed by atoms with Gasteiger partial charge >= 0.3 is 0 Å². The number of anilines is 1. The minimum absolute atomic E-state index is 0.146. The van der Waals surface area contributed by atoms with Crippen molar-refractivity contribution in [2.45, 2.75) is 38.0 Å². The van der Waals surface area contributed by atoms with E-state index in [0.29, 0.717) is 11.4 Å². The Labute approximate surface area is 185 Å². The van der Waals surface area contributed by atoms with Gasteiger partial charge in [0.15, 0.2) is 0 Å². The molecule has 6 nitrogen and oxygen atoms in total. The third-order valence-corrected chi connectivity index (χ3v) is 6.37. The molecule has 2 aromatic heterocycles.